The van der Waals surface area contributed by atoms with E-state index in [0.29, 0.717) is 35.0 Å². The highest BCUT2D eigenvalue weighted by Crippen LogP contribution is 2.26. The van der Waals surface area contributed by atoms with Crippen molar-refractivity contribution in [2.24, 2.45) is 11.3 Å². The maximum Gasteiger partial charge on any atom is 0.137 e. The second-order valence-electron chi connectivity index (χ2n) is 6.42. The topological polar surface area (TPSA) is 17.1 Å². The van der Waals surface area contributed by atoms with E-state index in [-0.39, 0.29) is 0 Å². The van der Waals surface area contributed by atoms with Crippen LogP contribution in [0.1, 0.15) is 46.1 Å². The molecule has 1 nitrogen and oxygen atoms in total. The third-order valence-corrected chi connectivity index (χ3v) is 3.10. The molecule has 1 aromatic carbocycles. The summed E-state index contributed by atoms with van der Waals surface area (Å²) in [6.07, 6.45) is 2.27. The Labute approximate surface area is 116 Å². The molecule has 0 fully saturated rings. The summed E-state index contributed by atoms with van der Waals surface area (Å²) in [6, 6.07) is 7.52. The lowest BCUT2D eigenvalue weighted by Gasteiger charge is -2.22. The van der Waals surface area contributed by atoms with Crippen LogP contribution in [0.5, 0.6) is 0 Å². The van der Waals surface area contributed by atoms with Gasteiger partial charge < -0.3 is 0 Å². The van der Waals surface area contributed by atoms with Crippen molar-refractivity contribution >= 4 is 17.4 Å². The van der Waals surface area contributed by atoms with Gasteiger partial charge >= 0.3 is 0 Å². The van der Waals surface area contributed by atoms with Crippen molar-refractivity contribution in [2.45, 2.75) is 47.0 Å². The van der Waals surface area contributed by atoms with Gasteiger partial charge in [-0.3, -0.25) is 4.79 Å². The molecule has 1 unspecified atom stereocenters. The van der Waals surface area contributed by atoms with Crippen LogP contribution in [0.2, 0.25) is 5.02 Å². The Bertz CT molecular complexity index is 387. The third kappa shape index (κ3) is 6.20. The van der Waals surface area contributed by atoms with Gasteiger partial charge in [0.25, 0.3) is 0 Å². The second-order valence-corrected chi connectivity index (χ2v) is 6.85. The highest BCUT2D eigenvalue weighted by atomic mass is 35.5. The fourth-order valence-electron chi connectivity index (χ4n) is 2.41. The molecule has 1 atom stereocenters. The summed E-state index contributed by atoms with van der Waals surface area (Å²) in [5.41, 5.74) is 1.34. The monoisotopic (exact) mass is 266 g/mol. The SMILES string of the molecule is CC(CC(=O)Cc1ccc(Cl)cc1)CC(C)(C)C. The lowest BCUT2D eigenvalue weighted by atomic mass is 9.83. The first-order valence-electron chi connectivity index (χ1n) is 6.52. The number of carbonyl (C=O) groups is 1. The average Bonchev–Trinajstić information content (AvgIpc) is 2.18. The maximum atomic E-state index is 12.0. The number of hydrogen-bond donors (Lipinski definition) is 0. The second kappa shape index (κ2) is 6.38. The Morgan fingerprint density at radius 3 is 2.28 bits per heavy atom. The van der Waals surface area contributed by atoms with Crippen molar-refractivity contribution in [3.63, 3.8) is 0 Å². The molecule has 18 heavy (non-hydrogen) atoms. The van der Waals surface area contributed by atoms with E-state index in [1.54, 1.807) is 0 Å². The molecule has 2 heteroatoms. The van der Waals surface area contributed by atoms with Gasteiger partial charge in [-0.25, -0.2) is 0 Å². The molecular formula is C16H23ClO. The molecule has 0 N–H and O–H groups in total. The molecule has 0 spiro atoms. The highest BCUT2D eigenvalue weighted by molar-refractivity contribution is 6.30. The lowest BCUT2D eigenvalue weighted by molar-refractivity contribution is -0.119. The molecule has 1 rings (SSSR count). The zero-order chi connectivity index (χ0) is 13.8. The van der Waals surface area contributed by atoms with E-state index in [4.69, 9.17) is 11.6 Å². The van der Waals surface area contributed by atoms with Gasteiger partial charge in [-0.15, -0.1) is 0 Å². The van der Waals surface area contributed by atoms with E-state index in [1.165, 1.54) is 0 Å². The molecule has 0 saturated carbocycles. The van der Waals surface area contributed by atoms with Crippen LogP contribution in [0.25, 0.3) is 0 Å². The van der Waals surface area contributed by atoms with Crippen LogP contribution in [-0.2, 0) is 11.2 Å². The number of halogens is 1. The molecule has 0 bridgehead atoms. The van der Waals surface area contributed by atoms with E-state index >= 15 is 0 Å². The fraction of sp³-hybridized carbons (Fsp3) is 0.562. The molecule has 0 radical (unpaired) electrons. The summed E-state index contributed by atoms with van der Waals surface area (Å²) >= 11 is 5.82. The van der Waals surface area contributed by atoms with Gasteiger partial charge in [-0.2, -0.15) is 0 Å². The van der Waals surface area contributed by atoms with Gasteiger partial charge in [0.05, 0.1) is 0 Å². The van der Waals surface area contributed by atoms with E-state index in [2.05, 4.69) is 27.7 Å². The summed E-state index contributed by atoms with van der Waals surface area (Å²) < 4.78 is 0. The predicted octanol–water partition coefficient (Wildman–Crippen LogP) is 4.91. The predicted molar refractivity (Wildman–Crippen MR) is 78.0 cm³/mol. The number of Topliss-reactive ketones (excluding diaryl/α,β-unsaturated/α-hetero) is 1. The average molecular weight is 267 g/mol. The summed E-state index contributed by atoms with van der Waals surface area (Å²) in [7, 11) is 0. The summed E-state index contributed by atoms with van der Waals surface area (Å²) in [4.78, 5) is 12.0. The molecule has 0 heterocycles. The highest BCUT2D eigenvalue weighted by Gasteiger charge is 2.17. The molecule has 0 aliphatic rings. The molecule has 1 aromatic rings. The van der Waals surface area contributed by atoms with E-state index in [1.807, 2.05) is 24.3 Å². The number of benzene rings is 1. The molecule has 0 aromatic heterocycles. The normalized spacial score (nSPS) is 13.4. The Hall–Kier alpha value is -0.820. The lowest BCUT2D eigenvalue weighted by Crippen LogP contribution is -2.15. The van der Waals surface area contributed by atoms with Gasteiger partial charge in [-0.1, -0.05) is 51.4 Å². The number of ketones is 1. The number of hydrogen-bond acceptors (Lipinski definition) is 1. The van der Waals surface area contributed by atoms with Crippen LogP contribution in [0.4, 0.5) is 0 Å². The first-order chi connectivity index (χ1) is 8.26. The van der Waals surface area contributed by atoms with Gasteiger partial charge in [0.15, 0.2) is 0 Å². The fourth-order valence-corrected chi connectivity index (χ4v) is 2.53. The summed E-state index contributed by atoms with van der Waals surface area (Å²) in [5, 5.41) is 0.715. The molecule has 100 valence electrons. The van der Waals surface area contributed by atoms with E-state index in [9.17, 15) is 4.79 Å². The standard InChI is InChI=1S/C16H23ClO/c1-12(11-16(2,3)4)9-15(18)10-13-5-7-14(17)8-6-13/h5-8,12H,9-11H2,1-4H3. The molecule has 0 aliphatic carbocycles. The zero-order valence-corrected chi connectivity index (χ0v) is 12.6. The van der Waals surface area contributed by atoms with Crippen molar-refractivity contribution in [2.75, 3.05) is 0 Å². The van der Waals surface area contributed by atoms with Crippen LogP contribution in [0.3, 0.4) is 0 Å². The van der Waals surface area contributed by atoms with E-state index in [0.717, 1.165) is 12.0 Å². The van der Waals surface area contributed by atoms with Gasteiger partial charge in [-0.05, 0) is 35.4 Å². The molecule has 0 amide bonds. The molecule has 0 saturated heterocycles. The Balaban J connectivity index is 2.44. The minimum Gasteiger partial charge on any atom is -0.299 e. The minimum atomic E-state index is 0.292. The van der Waals surface area contributed by atoms with Crippen molar-refractivity contribution in [3.8, 4) is 0 Å². The van der Waals surface area contributed by atoms with Crippen molar-refractivity contribution < 1.29 is 4.79 Å². The van der Waals surface area contributed by atoms with Crippen LogP contribution < -0.4 is 0 Å². The van der Waals surface area contributed by atoms with Crippen LogP contribution in [0, 0.1) is 11.3 Å². The van der Waals surface area contributed by atoms with E-state index < -0.39 is 0 Å². The summed E-state index contributed by atoms with van der Waals surface area (Å²) in [5.74, 6) is 0.763. The Morgan fingerprint density at radius 1 is 1.22 bits per heavy atom. The largest absolute Gasteiger partial charge is 0.299 e. The smallest absolute Gasteiger partial charge is 0.137 e. The zero-order valence-electron chi connectivity index (χ0n) is 11.8. The quantitative estimate of drug-likeness (QED) is 0.740. The number of rotatable bonds is 5. The van der Waals surface area contributed by atoms with Crippen molar-refractivity contribution in [1.82, 2.24) is 0 Å². The van der Waals surface area contributed by atoms with Crippen molar-refractivity contribution in [3.05, 3.63) is 34.9 Å². The van der Waals surface area contributed by atoms with Crippen molar-refractivity contribution in [1.29, 1.82) is 0 Å². The Kier molecular flexibility index (Phi) is 5.40. The third-order valence-electron chi connectivity index (χ3n) is 2.85. The maximum absolute atomic E-state index is 12.0. The first-order valence-corrected chi connectivity index (χ1v) is 6.90. The van der Waals surface area contributed by atoms with Gasteiger partial charge in [0, 0.05) is 17.9 Å². The molecular weight excluding hydrogens is 244 g/mol. The Morgan fingerprint density at radius 2 is 1.78 bits per heavy atom. The molecule has 0 aliphatic heterocycles. The minimum absolute atomic E-state index is 0.292. The van der Waals surface area contributed by atoms with Crippen LogP contribution in [-0.4, -0.2) is 5.78 Å². The van der Waals surface area contributed by atoms with Gasteiger partial charge in [0.2, 0.25) is 0 Å². The number of carbonyl (C=O) groups excluding carboxylic acids is 1. The first kappa shape index (κ1) is 15.2. The van der Waals surface area contributed by atoms with Crippen LogP contribution >= 0.6 is 11.6 Å². The summed E-state index contributed by atoms with van der Waals surface area (Å²) in [6.45, 7) is 8.80. The van der Waals surface area contributed by atoms with Crippen LogP contribution in [0.15, 0.2) is 24.3 Å². The van der Waals surface area contributed by atoms with Gasteiger partial charge in [0.1, 0.15) is 5.78 Å².